The van der Waals surface area contributed by atoms with Gasteiger partial charge in [0.05, 0.1) is 6.61 Å². The van der Waals surface area contributed by atoms with Crippen LogP contribution in [0.3, 0.4) is 0 Å². The molecule has 0 unspecified atom stereocenters. The summed E-state index contributed by atoms with van der Waals surface area (Å²) in [5.74, 6) is 0. The third-order valence-electron chi connectivity index (χ3n) is 2.37. The fraction of sp³-hybridized carbons (Fsp3) is 0.182. The Morgan fingerprint density at radius 2 is 2.13 bits per heavy atom. The number of aliphatic hydroxyl groups is 1. The molecular formula is C11H10ClNO2. The van der Waals surface area contributed by atoms with Gasteiger partial charge in [0.1, 0.15) is 0 Å². The molecule has 1 aromatic carbocycles. The largest absolute Gasteiger partial charge is 0.391 e. The molecule has 3 nitrogen and oxygen atoms in total. The van der Waals surface area contributed by atoms with Crippen molar-refractivity contribution in [2.45, 2.75) is 13.5 Å². The van der Waals surface area contributed by atoms with Crippen molar-refractivity contribution in [1.29, 1.82) is 0 Å². The van der Waals surface area contributed by atoms with Gasteiger partial charge in [0.25, 0.3) is 5.56 Å². The highest BCUT2D eigenvalue weighted by atomic mass is 35.5. The first-order valence-corrected chi connectivity index (χ1v) is 4.92. The number of aromatic nitrogens is 1. The maximum Gasteiger partial charge on any atom is 0.253 e. The van der Waals surface area contributed by atoms with Gasteiger partial charge < -0.3 is 10.1 Å². The van der Waals surface area contributed by atoms with E-state index >= 15 is 0 Å². The number of halogens is 1. The highest BCUT2D eigenvalue weighted by molar-refractivity contribution is 6.32. The van der Waals surface area contributed by atoms with Crippen LogP contribution in [0.25, 0.3) is 10.9 Å². The van der Waals surface area contributed by atoms with E-state index in [9.17, 15) is 4.79 Å². The van der Waals surface area contributed by atoms with Gasteiger partial charge in [-0.1, -0.05) is 11.6 Å². The van der Waals surface area contributed by atoms with Crippen LogP contribution >= 0.6 is 11.6 Å². The molecule has 1 aromatic heterocycles. The third-order valence-corrected chi connectivity index (χ3v) is 2.78. The fourth-order valence-corrected chi connectivity index (χ4v) is 1.67. The van der Waals surface area contributed by atoms with Crippen LogP contribution < -0.4 is 5.56 Å². The molecule has 0 saturated heterocycles. The summed E-state index contributed by atoms with van der Waals surface area (Å²) in [6.45, 7) is 1.61. The van der Waals surface area contributed by atoms with E-state index in [1.807, 2.05) is 13.0 Å². The summed E-state index contributed by atoms with van der Waals surface area (Å²) >= 11 is 5.97. The number of hydrogen-bond acceptors (Lipinski definition) is 2. The molecule has 0 bridgehead atoms. The zero-order valence-corrected chi connectivity index (χ0v) is 8.93. The minimum Gasteiger partial charge on any atom is -0.391 e. The van der Waals surface area contributed by atoms with Crippen LogP contribution in [-0.4, -0.2) is 10.1 Å². The van der Waals surface area contributed by atoms with Gasteiger partial charge in [-0.2, -0.15) is 0 Å². The van der Waals surface area contributed by atoms with Crippen LogP contribution in [0.4, 0.5) is 0 Å². The molecule has 0 aliphatic rings. The van der Waals surface area contributed by atoms with Crippen LogP contribution in [0.5, 0.6) is 0 Å². The Morgan fingerprint density at radius 1 is 1.40 bits per heavy atom. The molecule has 1 heterocycles. The standard InChI is InChI=1S/C11H10ClNO2/c1-6-2-10-7(4-9(6)12)3-8(5-14)11(15)13-10/h2-4,14H,5H2,1H3,(H,13,15). The van der Waals surface area contributed by atoms with Crippen molar-refractivity contribution in [2.75, 3.05) is 0 Å². The SMILES string of the molecule is Cc1cc2[nH]c(=O)c(CO)cc2cc1Cl. The van der Waals surface area contributed by atoms with Crippen LogP contribution in [0.15, 0.2) is 23.0 Å². The van der Waals surface area contributed by atoms with Crippen LogP contribution in [-0.2, 0) is 6.61 Å². The van der Waals surface area contributed by atoms with Gasteiger partial charge >= 0.3 is 0 Å². The van der Waals surface area contributed by atoms with Crippen LogP contribution in [0.1, 0.15) is 11.1 Å². The second-order valence-electron chi connectivity index (χ2n) is 3.47. The molecule has 0 spiro atoms. The van der Waals surface area contributed by atoms with E-state index in [0.717, 1.165) is 16.5 Å². The number of aliphatic hydroxyl groups excluding tert-OH is 1. The van der Waals surface area contributed by atoms with E-state index in [1.165, 1.54) is 0 Å². The van der Waals surface area contributed by atoms with Crippen molar-refractivity contribution >= 4 is 22.5 Å². The molecule has 0 radical (unpaired) electrons. The lowest BCUT2D eigenvalue weighted by atomic mass is 10.1. The number of nitrogens with one attached hydrogen (secondary N) is 1. The summed E-state index contributed by atoms with van der Waals surface area (Å²) in [7, 11) is 0. The molecule has 4 heteroatoms. The third kappa shape index (κ3) is 1.76. The second kappa shape index (κ2) is 3.68. The van der Waals surface area contributed by atoms with Crippen molar-refractivity contribution in [3.8, 4) is 0 Å². The summed E-state index contributed by atoms with van der Waals surface area (Å²) in [5, 5.41) is 10.4. The Kier molecular flexibility index (Phi) is 2.50. The highest BCUT2D eigenvalue weighted by Crippen LogP contribution is 2.21. The van der Waals surface area contributed by atoms with Crippen molar-refractivity contribution in [3.63, 3.8) is 0 Å². The van der Waals surface area contributed by atoms with E-state index in [-0.39, 0.29) is 12.2 Å². The number of H-pyrrole nitrogens is 1. The first-order chi connectivity index (χ1) is 7.11. The average Bonchev–Trinajstić information content (AvgIpc) is 2.20. The number of benzene rings is 1. The molecular weight excluding hydrogens is 214 g/mol. The number of pyridine rings is 1. The van der Waals surface area contributed by atoms with Gasteiger partial charge in [-0.15, -0.1) is 0 Å². The number of aromatic amines is 1. The summed E-state index contributed by atoms with van der Waals surface area (Å²) in [6.07, 6.45) is 0. The van der Waals surface area contributed by atoms with Gasteiger partial charge in [0, 0.05) is 21.5 Å². The van der Waals surface area contributed by atoms with Gasteiger partial charge in [0.15, 0.2) is 0 Å². The zero-order chi connectivity index (χ0) is 11.0. The van der Waals surface area contributed by atoms with Crippen molar-refractivity contribution in [3.05, 3.63) is 44.7 Å². The maximum absolute atomic E-state index is 11.4. The van der Waals surface area contributed by atoms with Crippen molar-refractivity contribution in [2.24, 2.45) is 0 Å². The number of fused-ring (bicyclic) bond motifs is 1. The maximum atomic E-state index is 11.4. The lowest BCUT2D eigenvalue weighted by molar-refractivity contribution is 0.280. The molecule has 2 rings (SSSR count). The molecule has 0 aliphatic heterocycles. The molecule has 2 N–H and O–H groups in total. The number of aryl methyl sites for hydroxylation is 1. The van der Waals surface area contributed by atoms with E-state index in [1.54, 1.807) is 12.1 Å². The van der Waals surface area contributed by atoms with Gasteiger partial charge in [0.2, 0.25) is 0 Å². The van der Waals surface area contributed by atoms with Gasteiger partial charge in [-0.05, 0) is 30.7 Å². The predicted octanol–water partition coefficient (Wildman–Crippen LogP) is 1.98. The number of hydrogen-bond donors (Lipinski definition) is 2. The van der Waals surface area contributed by atoms with E-state index < -0.39 is 0 Å². The minimum absolute atomic E-state index is 0.258. The monoisotopic (exact) mass is 223 g/mol. The molecule has 0 atom stereocenters. The molecule has 0 aliphatic carbocycles. The van der Waals surface area contributed by atoms with Crippen molar-refractivity contribution < 1.29 is 5.11 Å². The molecule has 0 fully saturated rings. The van der Waals surface area contributed by atoms with E-state index in [2.05, 4.69) is 4.98 Å². The van der Waals surface area contributed by atoms with Gasteiger partial charge in [-0.25, -0.2) is 0 Å². The van der Waals surface area contributed by atoms with Crippen LogP contribution in [0.2, 0.25) is 5.02 Å². The minimum atomic E-state index is -0.267. The Balaban J connectivity index is 2.82. The summed E-state index contributed by atoms with van der Waals surface area (Å²) in [5.41, 5.74) is 1.74. The molecule has 15 heavy (non-hydrogen) atoms. The summed E-state index contributed by atoms with van der Waals surface area (Å²) in [4.78, 5) is 14.1. The normalized spacial score (nSPS) is 10.9. The number of rotatable bonds is 1. The molecule has 0 amide bonds. The quantitative estimate of drug-likeness (QED) is 0.777. The molecule has 78 valence electrons. The molecule has 2 aromatic rings. The lowest BCUT2D eigenvalue weighted by Crippen LogP contribution is -2.11. The van der Waals surface area contributed by atoms with Gasteiger partial charge in [-0.3, -0.25) is 4.79 Å². The first kappa shape index (κ1) is 10.2. The van der Waals surface area contributed by atoms with Crippen LogP contribution in [0, 0.1) is 6.92 Å². The second-order valence-corrected chi connectivity index (χ2v) is 3.88. The summed E-state index contributed by atoms with van der Waals surface area (Å²) < 4.78 is 0. The topological polar surface area (TPSA) is 53.1 Å². The Bertz CT molecular complexity index is 575. The smallest absolute Gasteiger partial charge is 0.253 e. The Hall–Kier alpha value is -1.32. The lowest BCUT2D eigenvalue weighted by Gasteiger charge is -2.03. The highest BCUT2D eigenvalue weighted by Gasteiger charge is 2.04. The van der Waals surface area contributed by atoms with E-state index in [4.69, 9.17) is 16.7 Å². The Morgan fingerprint density at radius 3 is 2.80 bits per heavy atom. The average molecular weight is 224 g/mol. The Labute approximate surface area is 91.3 Å². The fourth-order valence-electron chi connectivity index (χ4n) is 1.50. The van der Waals surface area contributed by atoms with Crippen molar-refractivity contribution in [1.82, 2.24) is 4.98 Å². The van der Waals surface area contributed by atoms with E-state index in [0.29, 0.717) is 10.6 Å². The predicted molar refractivity (Wildman–Crippen MR) is 60.2 cm³/mol. The zero-order valence-electron chi connectivity index (χ0n) is 8.17. The molecule has 0 saturated carbocycles. The first-order valence-electron chi connectivity index (χ1n) is 4.54. The summed E-state index contributed by atoms with van der Waals surface area (Å²) in [6, 6.07) is 5.25.